The Hall–Kier alpha value is -2.38. The topological polar surface area (TPSA) is 90.8 Å². The van der Waals surface area contributed by atoms with Crippen molar-refractivity contribution in [2.75, 3.05) is 11.9 Å². The summed E-state index contributed by atoms with van der Waals surface area (Å²) in [6.45, 7) is 7.82. The third-order valence-electron chi connectivity index (χ3n) is 4.34. The number of aromatic nitrogens is 4. The van der Waals surface area contributed by atoms with Crippen LogP contribution in [0.25, 0.3) is 0 Å². The molecule has 1 aliphatic heterocycles. The van der Waals surface area contributed by atoms with Crippen LogP contribution in [0.2, 0.25) is 0 Å². The highest BCUT2D eigenvalue weighted by atomic mass is 16.6. The molecule has 0 spiro atoms. The summed E-state index contributed by atoms with van der Waals surface area (Å²) >= 11 is 0. The Morgan fingerprint density at radius 1 is 1.48 bits per heavy atom. The van der Waals surface area contributed by atoms with Gasteiger partial charge in [-0.3, -0.25) is 10.1 Å². The molecule has 0 bridgehead atoms. The summed E-state index contributed by atoms with van der Waals surface area (Å²) in [7, 11) is 0. The molecule has 2 aromatic rings. The normalized spacial score (nSPS) is 17.1. The van der Waals surface area contributed by atoms with Crippen LogP contribution in [0, 0.1) is 24.0 Å². The van der Waals surface area contributed by atoms with Crippen molar-refractivity contribution in [3.8, 4) is 0 Å². The van der Waals surface area contributed by atoms with Crippen molar-refractivity contribution in [1.29, 1.82) is 0 Å². The lowest BCUT2D eigenvalue weighted by Gasteiger charge is -2.23. The summed E-state index contributed by atoms with van der Waals surface area (Å²) in [5, 5.41) is 18.8. The summed E-state index contributed by atoms with van der Waals surface area (Å²) in [4.78, 5) is 15.6. The monoisotopic (exact) mass is 318 g/mol. The van der Waals surface area contributed by atoms with Crippen LogP contribution in [-0.4, -0.2) is 30.8 Å². The first kappa shape index (κ1) is 15.5. The van der Waals surface area contributed by atoms with E-state index in [1.54, 1.807) is 11.6 Å². The maximum Gasteiger partial charge on any atom is 0.333 e. The van der Waals surface area contributed by atoms with Gasteiger partial charge in [0, 0.05) is 31.7 Å². The van der Waals surface area contributed by atoms with Crippen molar-refractivity contribution < 1.29 is 4.92 Å². The molecule has 124 valence electrons. The minimum absolute atomic E-state index is 0.0715. The number of imidazole rings is 1. The number of anilines is 1. The third kappa shape index (κ3) is 2.80. The highest BCUT2D eigenvalue weighted by Gasteiger charge is 2.27. The van der Waals surface area contributed by atoms with E-state index in [-0.39, 0.29) is 16.5 Å². The molecule has 0 aromatic carbocycles. The second kappa shape index (κ2) is 6.02. The maximum atomic E-state index is 11.3. The molecule has 1 atom stereocenters. The Labute approximate surface area is 134 Å². The number of rotatable bonds is 5. The standard InChI is InChI=1S/C15H22N6O2/c1-4-20-15(13(21(22)23)11(3)18-20)16-8-12-6-5-7-19-9-10(2)17-14(12)19/h9,12,16H,4-8H2,1-3H3/t12-/m0/s1. The van der Waals surface area contributed by atoms with Crippen LogP contribution < -0.4 is 5.32 Å². The lowest BCUT2D eigenvalue weighted by Crippen LogP contribution is -2.23. The Morgan fingerprint density at radius 3 is 2.96 bits per heavy atom. The molecule has 0 fully saturated rings. The number of hydrogen-bond acceptors (Lipinski definition) is 5. The van der Waals surface area contributed by atoms with Gasteiger partial charge >= 0.3 is 5.69 Å². The van der Waals surface area contributed by atoms with Gasteiger partial charge in [-0.05, 0) is 33.6 Å². The van der Waals surface area contributed by atoms with Crippen molar-refractivity contribution >= 4 is 11.5 Å². The van der Waals surface area contributed by atoms with Crippen molar-refractivity contribution in [1.82, 2.24) is 19.3 Å². The first-order valence-electron chi connectivity index (χ1n) is 8.00. The lowest BCUT2D eigenvalue weighted by atomic mass is 9.99. The van der Waals surface area contributed by atoms with Gasteiger partial charge in [-0.15, -0.1) is 0 Å². The van der Waals surface area contributed by atoms with Crippen molar-refractivity contribution in [2.45, 2.75) is 52.6 Å². The number of nitro groups is 1. The molecule has 1 N–H and O–H groups in total. The summed E-state index contributed by atoms with van der Waals surface area (Å²) in [5.41, 5.74) is 1.54. The maximum absolute atomic E-state index is 11.3. The van der Waals surface area contributed by atoms with Crippen LogP contribution in [0.4, 0.5) is 11.5 Å². The van der Waals surface area contributed by atoms with E-state index in [2.05, 4.69) is 26.2 Å². The van der Waals surface area contributed by atoms with E-state index in [0.717, 1.165) is 30.9 Å². The van der Waals surface area contributed by atoms with Gasteiger partial charge in [0.15, 0.2) is 0 Å². The van der Waals surface area contributed by atoms with Crippen LogP contribution in [0.3, 0.4) is 0 Å². The fraction of sp³-hybridized carbons (Fsp3) is 0.600. The molecule has 0 saturated carbocycles. The number of nitrogens with zero attached hydrogens (tertiary/aromatic N) is 5. The Kier molecular flexibility index (Phi) is 4.06. The van der Waals surface area contributed by atoms with E-state index in [9.17, 15) is 10.1 Å². The number of aryl methyl sites for hydroxylation is 4. The zero-order valence-electron chi connectivity index (χ0n) is 13.7. The van der Waals surface area contributed by atoms with Crippen LogP contribution in [0.15, 0.2) is 6.20 Å². The van der Waals surface area contributed by atoms with Crippen molar-refractivity contribution in [2.24, 2.45) is 0 Å². The van der Waals surface area contributed by atoms with E-state index >= 15 is 0 Å². The van der Waals surface area contributed by atoms with E-state index in [1.165, 1.54) is 0 Å². The SMILES string of the molecule is CCn1nc(C)c([N+](=O)[O-])c1NC[C@@H]1CCCn2cc(C)nc21. The van der Waals surface area contributed by atoms with E-state index in [4.69, 9.17) is 0 Å². The zero-order valence-corrected chi connectivity index (χ0v) is 13.7. The van der Waals surface area contributed by atoms with E-state index < -0.39 is 0 Å². The molecule has 0 aliphatic carbocycles. The molecule has 0 radical (unpaired) electrons. The highest BCUT2D eigenvalue weighted by Crippen LogP contribution is 2.31. The highest BCUT2D eigenvalue weighted by molar-refractivity contribution is 5.59. The van der Waals surface area contributed by atoms with Gasteiger partial charge in [0.05, 0.1) is 10.6 Å². The number of nitrogens with one attached hydrogen (secondary N) is 1. The molecular weight excluding hydrogens is 296 g/mol. The summed E-state index contributed by atoms with van der Waals surface area (Å²) in [6, 6.07) is 0. The Morgan fingerprint density at radius 2 is 2.26 bits per heavy atom. The molecular formula is C15H22N6O2. The molecule has 3 rings (SSSR count). The Balaban J connectivity index is 1.83. The molecule has 8 heteroatoms. The molecule has 2 aromatic heterocycles. The Bertz CT molecular complexity index is 733. The van der Waals surface area contributed by atoms with E-state index in [1.807, 2.05) is 13.8 Å². The fourth-order valence-electron chi connectivity index (χ4n) is 3.32. The third-order valence-corrected chi connectivity index (χ3v) is 4.34. The summed E-state index contributed by atoms with van der Waals surface area (Å²) in [5.74, 6) is 1.83. The van der Waals surface area contributed by atoms with Gasteiger partial charge < -0.3 is 9.88 Å². The molecule has 0 amide bonds. The molecule has 1 aliphatic rings. The lowest BCUT2D eigenvalue weighted by molar-refractivity contribution is -0.384. The smallest absolute Gasteiger partial charge is 0.333 e. The van der Waals surface area contributed by atoms with E-state index in [0.29, 0.717) is 24.6 Å². The quantitative estimate of drug-likeness (QED) is 0.676. The van der Waals surface area contributed by atoms with Crippen molar-refractivity contribution in [3.05, 3.63) is 33.5 Å². The van der Waals surface area contributed by atoms with Crippen LogP contribution in [0.5, 0.6) is 0 Å². The molecule has 0 unspecified atom stereocenters. The first-order valence-corrected chi connectivity index (χ1v) is 8.00. The number of fused-ring (bicyclic) bond motifs is 1. The fourth-order valence-corrected chi connectivity index (χ4v) is 3.32. The minimum atomic E-state index is -0.358. The summed E-state index contributed by atoms with van der Waals surface area (Å²) < 4.78 is 3.86. The first-order chi connectivity index (χ1) is 11.0. The predicted octanol–water partition coefficient (Wildman–Crippen LogP) is 2.61. The van der Waals surface area contributed by atoms with Gasteiger partial charge in [0.25, 0.3) is 0 Å². The average Bonchev–Trinajstić information content (AvgIpc) is 3.03. The van der Waals surface area contributed by atoms with Gasteiger partial charge in [-0.1, -0.05) is 0 Å². The van der Waals surface area contributed by atoms with Gasteiger partial charge in [-0.2, -0.15) is 5.10 Å². The van der Waals surface area contributed by atoms with Crippen LogP contribution >= 0.6 is 0 Å². The second-order valence-corrected chi connectivity index (χ2v) is 6.01. The minimum Gasteiger partial charge on any atom is -0.364 e. The van der Waals surface area contributed by atoms with Gasteiger partial charge in [0.1, 0.15) is 11.5 Å². The molecule has 3 heterocycles. The molecule has 23 heavy (non-hydrogen) atoms. The largest absolute Gasteiger partial charge is 0.364 e. The predicted molar refractivity (Wildman–Crippen MR) is 86.7 cm³/mol. The van der Waals surface area contributed by atoms with Crippen LogP contribution in [-0.2, 0) is 13.1 Å². The van der Waals surface area contributed by atoms with Crippen molar-refractivity contribution in [3.63, 3.8) is 0 Å². The summed E-state index contributed by atoms with van der Waals surface area (Å²) in [6.07, 6.45) is 4.21. The van der Waals surface area contributed by atoms with Gasteiger partial charge in [0.2, 0.25) is 5.82 Å². The second-order valence-electron chi connectivity index (χ2n) is 6.01. The molecule has 8 nitrogen and oxygen atoms in total. The average molecular weight is 318 g/mol. The molecule has 0 saturated heterocycles. The number of hydrogen-bond donors (Lipinski definition) is 1. The zero-order chi connectivity index (χ0) is 16.6. The van der Waals surface area contributed by atoms with Gasteiger partial charge in [-0.25, -0.2) is 9.67 Å². The van der Waals surface area contributed by atoms with Crippen LogP contribution in [0.1, 0.15) is 42.9 Å².